The first-order valence-corrected chi connectivity index (χ1v) is 9.53. The van der Waals surface area contributed by atoms with E-state index in [2.05, 4.69) is 28.1 Å². The summed E-state index contributed by atoms with van der Waals surface area (Å²) < 4.78 is 2.07. The van der Waals surface area contributed by atoms with Crippen molar-refractivity contribution in [3.63, 3.8) is 0 Å². The predicted molar refractivity (Wildman–Crippen MR) is 96.0 cm³/mol. The van der Waals surface area contributed by atoms with Crippen molar-refractivity contribution in [3.8, 4) is 0 Å². The number of likely N-dealkylation sites (tertiary alicyclic amines) is 1. The monoisotopic (exact) mass is 346 g/mol. The second kappa shape index (κ2) is 7.58. The summed E-state index contributed by atoms with van der Waals surface area (Å²) in [7, 11) is 0. The highest BCUT2D eigenvalue weighted by Crippen LogP contribution is 2.46. The standard InChI is InChI=1S/C19H30N4O2/c1-15-12-16(2)23(21-15)14-19(8-9-19)13-20-17(24)6-5-11-22-10-4-3-7-18(22)25/h12H,3-11,13-14H2,1-2H3,(H,20,24). The van der Waals surface area contributed by atoms with Crippen LogP contribution in [0, 0.1) is 19.3 Å². The van der Waals surface area contributed by atoms with E-state index in [-0.39, 0.29) is 17.2 Å². The Kier molecular flexibility index (Phi) is 5.45. The van der Waals surface area contributed by atoms with E-state index >= 15 is 0 Å². The number of aromatic nitrogens is 2. The van der Waals surface area contributed by atoms with Crippen LogP contribution < -0.4 is 5.32 Å². The number of amides is 2. The first-order chi connectivity index (χ1) is 12.0. The summed E-state index contributed by atoms with van der Waals surface area (Å²) in [6, 6.07) is 2.09. The molecule has 0 radical (unpaired) electrons. The van der Waals surface area contributed by atoms with Gasteiger partial charge < -0.3 is 10.2 Å². The van der Waals surface area contributed by atoms with Crippen LogP contribution in [0.25, 0.3) is 0 Å². The van der Waals surface area contributed by atoms with E-state index in [1.54, 1.807) is 0 Å². The number of carbonyl (C=O) groups excluding carboxylic acids is 2. The van der Waals surface area contributed by atoms with Crippen molar-refractivity contribution in [2.75, 3.05) is 19.6 Å². The molecule has 1 saturated carbocycles. The van der Waals surface area contributed by atoms with Gasteiger partial charge in [-0.05, 0) is 52.0 Å². The van der Waals surface area contributed by atoms with E-state index < -0.39 is 0 Å². The number of hydrogen-bond donors (Lipinski definition) is 1. The number of rotatable bonds is 8. The molecule has 2 aliphatic rings. The molecule has 2 amide bonds. The molecule has 0 atom stereocenters. The lowest BCUT2D eigenvalue weighted by Gasteiger charge is -2.26. The summed E-state index contributed by atoms with van der Waals surface area (Å²) >= 11 is 0. The van der Waals surface area contributed by atoms with E-state index in [1.165, 1.54) is 5.69 Å². The topological polar surface area (TPSA) is 67.2 Å². The molecule has 0 unspecified atom stereocenters. The van der Waals surface area contributed by atoms with Crippen LogP contribution in [0.1, 0.15) is 56.3 Å². The molecule has 1 saturated heterocycles. The van der Waals surface area contributed by atoms with Gasteiger partial charge in [0.25, 0.3) is 0 Å². The minimum absolute atomic E-state index is 0.101. The lowest BCUT2D eigenvalue weighted by atomic mass is 10.1. The zero-order valence-electron chi connectivity index (χ0n) is 15.5. The maximum atomic E-state index is 12.1. The third-order valence-corrected chi connectivity index (χ3v) is 5.46. The van der Waals surface area contributed by atoms with Crippen LogP contribution in [0.5, 0.6) is 0 Å². The van der Waals surface area contributed by atoms with E-state index in [0.29, 0.717) is 19.4 Å². The number of piperidine rings is 1. The summed E-state index contributed by atoms with van der Waals surface area (Å²) in [5.41, 5.74) is 2.41. The molecule has 0 spiro atoms. The molecule has 25 heavy (non-hydrogen) atoms. The highest BCUT2D eigenvalue weighted by molar-refractivity contribution is 5.77. The van der Waals surface area contributed by atoms with Gasteiger partial charge >= 0.3 is 0 Å². The molecule has 2 fully saturated rings. The molecule has 1 N–H and O–H groups in total. The summed E-state index contributed by atoms with van der Waals surface area (Å²) in [6.45, 7) is 7.27. The van der Waals surface area contributed by atoms with Gasteiger partial charge in [-0.15, -0.1) is 0 Å². The molecule has 1 aromatic rings. The van der Waals surface area contributed by atoms with Crippen molar-refractivity contribution in [1.82, 2.24) is 20.0 Å². The van der Waals surface area contributed by atoms with Gasteiger partial charge in [0.1, 0.15) is 0 Å². The van der Waals surface area contributed by atoms with Crippen LogP contribution in [0.4, 0.5) is 0 Å². The molecule has 2 heterocycles. The fraction of sp³-hybridized carbons (Fsp3) is 0.737. The average Bonchev–Trinajstić information content (AvgIpc) is 3.26. The van der Waals surface area contributed by atoms with E-state index in [9.17, 15) is 9.59 Å². The van der Waals surface area contributed by atoms with Crippen molar-refractivity contribution in [2.24, 2.45) is 5.41 Å². The SMILES string of the molecule is Cc1cc(C)n(CC2(CNC(=O)CCCN3CCCCC3=O)CC2)n1. The maximum absolute atomic E-state index is 12.1. The molecule has 6 nitrogen and oxygen atoms in total. The molecule has 1 aliphatic carbocycles. The van der Waals surface area contributed by atoms with Crippen molar-refractivity contribution in [3.05, 3.63) is 17.5 Å². The molecule has 0 aromatic carbocycles. The summed E-state index contributed by atoms with van der Waals surface area (Å²) in [5.74, 6) is 0.345. The highest BCUT2D eigenvalue weighted by atomic mass is 16.2. The minimum atomic E-state index is 0.101. The van der Waals surface area contributed by atoms with Crippen molar-refractivity contribution >= 4 is 11.8 Å². The van der Waals surface area contributed by atoms with Crippen molar-refractivity contribution in [1.29, 1.82) is 0 Å². The maximum Gasteiger partial charge on any atom is 0.222 e. The Morgan fingerprint density at radius 1 is 1.32 bits per heavy atom. The summed E-state index contributed by atoms with van der Waals surface area (Å²) in [6.07, 6.45) is 6.31. The Morgan fingerprint density at radius 2 is 2.12 bits per heavy atom. The number of hydrogen-bond acceptors (Lipinski definition) is 3. The molecular formula is C19H30N4O2. The van der Waals surface area contributed by atoms with Crippen LogP contribution in [0.15, 0.2) is 6.07 Å². The normalized spacial score (nSPS) is 19.1. The number of carbonyl (C=O) groups is 2. The lowest BCUT2D eigenvalue weighted by Crippen LogP contribution is -2.37. The van der Waals surface area contributed by atoms with Crippen LogP contribution in [-0.2, 0) is 16.1 Å². The molecule has 1 aliphatic heterocycles. The van der Waals surface area contributed by atoms with Crippen LogP contribution in [0.2, 0.25) is 0 Å². The van der Waals surface area contributed by atoms with Crippen LogP contribution >= 0.6 is 0 Å². The average molecular weight is 346 g/mol. The third kappa shape index (κ3) is 4.83. The summed E-state index contributed by atoms with van der Waals surface area (Å²) in [5, 5.41) is 7.63. The second-order valence-corrected chi connectivity index (χ2v) is 7.80. The molecule has 0 bridgehead atoms. The fourth-order valence-corrected chi connectivity index (χ4v) is 3.62. The van der Waals surface area contributed by atoms with E-state index in [0.717, 1.165) is 57.4 Å². The van der Waals surface area contributed by atoms with E-state index in [1.807, 2.05) is 11.8 Å². The zero-order valence-corrected chi connectivity index (χ0v) is 15.5. The minimum Gasteiger partial charge on any atom is -0.355 e. The third-order valence-electron chi connectivity index (χ3n) is 5.46. The van der Waals surface area contributed by atoms with E-state index in [4.69, 9.17) is 0 Å². The Labute approximate surface area is 149 Å². The van der Waals surface area contributed by atoms with Crippen molar-refractivity contribution in [2.45, 2.75) is 65.3 Å². The van der Waals surface area contributed by atoms with Gasteiger partial charge in [0.2, 0.25) is 11.8 Å². The zero-order chi connectivity index (χ0) is 17.9. The Balaban J connectivity index is 1.37. The first kappa shape index (κ1) is 18.0. The molecule has 3 rings (SSSR count). The van der Waals surface area contributed by atoms with Gasteiger partial charge in [0.15, 0.2) is 0 Å². The molecule has 138 valence electrons. The van der Waals surface area contributed by atoms with Gasteiger partial charge in [0, 0.05) is 50.1 Å². The largest absolute Gasteiger partial charge is 0.355 e. The number of nitrogens with zero attached hydrogens (tertiary/aromatic N) is 3. The van der Waals surface area contributed by atoms with Gasteiger partial charge in [-0.3, -0.25) is 14.3 Å². The Morgan fingerprint density at radius 3 is 2.76 bits per heavy atom. The fourth-order valence-electron chi connectivity index (χ4n) is 3.62. The second-order valence-electron chi connectivity index (χ2n) is 7.80. The number of nitrogens with one attached hydrogen (secondary N) is 1. The van der Waals surface area contributed by atoms with Crippen molar-refractivity contribution < 1.29 is 9.59 Å². The van der Waals surface area contributed by atoms with Gasteiger partial charge in [-0.1, -0.05) is 0 Å². The van der Waals surface area contributed by atoms with Gasteiger partial charge in [-0.2, -0.15) is 5.10 Å². The highest BCUT2D eigenvalue weighted by Gasteiger charge is 2.43. The van der Waals surface area contributed by atoms with Crippen LogP contribution in [0.3, 0.4) is 0 Å². The first-order valence-electron chi connectivity index (χ1n) is 9.53. The Hall–Kier alpha value is -1.85. The predicted octanol–water partition coefficient (Wildman–Crippen LogP) is 2.19. The Bertz CT molecular complexity index is 633. The number of aryl methyl sites for hydroxylation is 2. The molecule has 1 aromatic heterocycles. The quantitative estimate of drug-likeness (QED) is 0.784. The van der Waals surface area contributed by atoms with Gasteiger partial charge in [-0.25, -0.2) is 0 Å². The van der Waals surface area contributed by atoms with Crippen LogP contribution in [-0.4, -0.2) is 46.1 Å². The smallest absolute Gasteiger partial charge is 0.222 e. The molecule has 6 heteroatoms. The van der Waals surface area contributed by atoms with Gasteiger partial charge in [0.05, 0.1) is 5.69 Å². The molecular weight excluding hydrogens is 316 g/mol. The lowest BCUT2D eigenvalue weighted by molar-refractivity contribution is -0.133. The summed E-state index contributed by atoms with van der Waals surface area (Å²) in [4.78, 5) is 25.8.